The van der Waals surface area contributed by atoms with Crippen molar-refractivity contribution < 1.29 is 14.3 Å². The van der Waals surface area contributed by atoms with E-state index in [-0.39, 0.29) is 5.97 Å². The van der Waals surface area contributed by atoms with Crippen molar-refractivity contribution in [2.45, 2.75) is 26.7 Å². The van der Waals surface area contributed by atoms with Crippen LogP contribution in [0.15, 0.2) is 18.2 Å². The van der Waals surface area contributed by atoms with E-state index in [1.807, 2.05) is 19.1 Å². The summed E-state index contributed by atoms with van der Waals surface area (Å²) in [6.07, 6.45) is 1.87. The van der Waals surface area contributed by atoms with Crippen LogP contribution in [0.3, 0.4) is 0 Å². The Morgan fingerprint density at radius 1 is 1.44 bits per heavy atom. The molecule has 86 valence electrons. The summed E-state index contributed by atoms with van der Waals surface area (Å²) in [7, 11) is 0. The fourth-order valence-electron chi connectivity index (χ4n) is 1.55. The van der Waals surface area contributed by atoms with Crippen molar-refractivity contribution in [1.82, 2.24) is 0 Å². The minimum absolute atomic E-state index is 0.316. The molecule has 3 heteroatoms. The van der Waals surface area contributed by atoms with Crippen LogP contribution in [-0.2, 0) is 16.0 Å². The first-order valence-electron chi connectivity index (χ1n) is 5.39. The zero-order valence-electron chi connectivity index (χ0n) is 9.66. The van der Waals surface area contributed by atoms with E-state index >= 15 is 0 Å². The van der Waals surface area contributed by atoms with Crippen molar-refractivity contribution in [3.63, 3.8) is 0 Å². The van der Waals surface area contributed by atoms with Crippen LogP contribution in [-0.4, -0.2) is 18.9 Å². The molecule has 0 unspecified atom stereocenters. The van der Waals surface area contributed by atoms with Gasteiger partial charge in [-0.15, -0.1) is 0 Å². The van der Waals surface area contributed by atoms with Crippen LogP contribution >= 0.6 is 0 Å². The number of aryl methyl sites for hydroxylation is 2. The average Bonchev–Trinajstić information content (AvgIpc) is 2.26. The molecule has 1 aromatic carbocycles. The van der Waals surface area contributed by atoms with Crippen molar-refractivity contribution in [3.8, 4) is 0 Å². The second-order valence-corrected chi connectivity index (χ2v) is 3.59. The van der Waals surface area contributed by atoms with E-state index in [0.717, 1.165) is 17.4 Å². The molecule has 0 N–H and O–H groups in total. The molecule has 0 bridgehead atoms. The topological polar surface area (TPSA) is 43.4 Å². The highest BCUT2D eigenvalue weighted by Crippen LogP contribution is 2.14. The Morgan fingerprint density at radius 3 is 2.81 bits per heavy atom. The number of benzene rings is 1. The lowest BCUT2D eigenvalue weighted by Gasteiger charge is -2.08. The Kier molecular flexibility index (Phi) is 4.70. The Bertz CT molecular complexity index is 383. The lowest BCUT2D eigenvalue weighted by atomic mass is 10.0. The molecule has 0 aliphatic rings. The molecule has 0 aliphatic carbocycles. The summed E-state index contributed by atoms with van der Waals surface area (Å²) in [6, 6.07) is 5.56. The van der Waals surface area contributed by atoms with E-state index in [2.05, 4.69) is 0 Å². The van der Waals surface area contributed by atoms with Crippen molar-refractivity contribution >= 4 is 12.3 Å². The summed E-state index contributed by atoms with van der Waals surface area (Å²) in [5, 5.41) is 0. The van der Waals surface area contributed by atoms with Crippen LogP contribution in [0.1, 0.15) is 34.8 Å². The van der Waals surface area contributed by atoms with Gasteiger partial charge in [-0.05, 0) is 31.9 Å². The van der Waals surface area contributed by atoms with E-state index in [1.165, 1.54) is 0 Å². The highest BCUT2D eigenvalue weighted by molar-refractivity contribution is 5.91. The highest BCUT2D eigenvalue weighted by atomic mass is 16.5. The molecule has 0 aliphatic heterocycles. The predicted octanol–water partition coefficient (Wildman–Crippen LogP) is 2.30. The van der Waals surface area contributed by atoms with Gasteiger partial charge in [0.1, 0.15) is 6.29 Å². The summed E-state index contributed by atoms with van der Waals surface area (Å²) in [6.45, 7) is 4.09. The van der Waals surface area contributed by atoms with Gasteiger partial charge in [-0.1, -0.05) is 17.7 Å². The molecule has 1 aromatic rings. The fourth-order valence-corrected chi connectivity index (χ4v) is 1.55. The number of hydrogen-bond donors (Lipinski definition) is 0. The van der Waals surface area contributed by atoms with Gasteiger partial charge in [0.25, 0.3) is 0 Å². The summed E-state index contributed by atoms with van der Waals surface area (Å²) < 4.78 is 4.96. The maximum absolute atomic E-state index is 11.6. The van der Waals surface area contributed by atoms with E-state index in [0.29, 0.717) is 25.0 Å². The summed E-state index contributed by atoms with van der Waals surface area (Å²) in [5.74, 6) is -0.316. The predicted molar refractivity (Wildman–Crippen MR) is 61.5 cm³/mol. The number of rotatable bonds is 5. The van der Waals surface area contributed by atoms with E-state index in [1.54, 1.807) is 13.0 Å². The quantitative estimate of drug-likeness (QED) is 0.565. The smallest absolute Gasteiger partial charge is 0.338 e. The zero-order chi connectivity index (χ0) is 12.0. The van der Waals surface area contributed by atoms with Gasteiger partial charge in [0.2, 0.25) is 0 Å². The summed E-state index contributed by atoms with van der Waals surface area (Å²) >= 11 is 0. The lowest BCUT2D eigenvalue weighted by Crippen LogP contribution is -2.08. The van der Waals surface area contributed by atoms with Crippen LogP contribution in [0.5, 0.6) is 0 Å². The Morgan fingerprint density at radius 2 is 2.19 bits per heavy atom. The molecule has 16 heavy (non-hydrogen) atoms. The van der Waals surface area contributed by atoms with Crippen LogP contribution in [0, 0.1) is 6.92 Å². The van der Waals surface area contributed by atoms with Crippen LogP contribution in [0.4, 0.5) is 0 Å². The molecule has 0 heterocycles. The second-order valence-electron chi connectivity index (χ2n) is 3.59. The Hall–Kier alpha value is -1.64. The fraction of sp³-hybridized carbons (Fsp3) is 0.385. The van der Waals surface area contributed by atoms with Gasteiger partial charge >= 0.3 is 5.97 Å². The van der Waals surface area contributed by atoms with Crippen molar-refractivity contribution in [3.05, 3.63) is 34.9 Å². The molecule has 0 amide bonds. The minimum Gasteiger partial charge on any atom is -0.462 e. The monoisotopic (exact) mass is 220 g/mol. The first kappa shape index (κ1) is 12.4. The minimum atomic E-state index is -0.316. The maximum atomic E-state index is 11.6. The van der Waals surface area contributed by atoms with Crippen LogP contribution < -0.4 is 0 Å². The average molecular weight is 220 g/mol. The lowest BCUT2D eigenvalue weighted by molar-refractivity contribution is -0.107. The molecule has 0 radical (unpaired) electrons. The van der Waals surface area contributed by atoms with Gasteiger partial charge < -0.3 is 9.53 Å². The van der Waals surface area contributed by atoms with Gasteiger partial charge in [-0.2, -0.15) is 0 Å². The second kappa shape index (κ2) is 6.05. The number of carbonyl (C=O) groups excluding carboxylic acids is 2. The van der Waals surface area contributed by atoms with E-state index in [9.17, 15) is 9.59 Å². The maximum Gasteiger partial charge on any atom is 0.338 e. The first-order chi connectivity index (χ1) is 7.69. The van der Waals surface area contributed by atoms with Crippen LogP contribution in [0.2, 0.25) is 0 Å². The number of ether oxygens (including phenoxy) is 1. The van der Waals surface area contributed by atoms with Crippen molar-refractivity contribution in [1.29, 1.82) is 0 Å². The first-order valence-corrected chi connectivity index (χ1v) is 5.39. The van der Waals surface area contributed by atoms with Crippen molar-refractivity contribution in [2.24, 2.45) is 0 Å². The molecule has 0 atom stereocenters. The normalized spacial score (nSPS) is 9.88. The molecule has 0 spiro atoms. The highest BCUT2D eigenvalue weighted by Gasteiger charge is 2.11. The Labute approximate surface area is 95.4 Å². The molecule has 0 saturated heterocycles. The molecule has 0 aromatic heterocycles. The van der Waals surface area contributed by atoms with Gasteiger partial charge in [0.05, 0.1) is 12.2 Å². The number of esters is 1. The SMILES string of the molecule is CCOC(=O)c1ccc(C)cc1CCC=O. The van der Waals surface area contributed by atoms with E-state index in [4.69, 9.17) is 4.74 Å². The molecule has 3 nitrogen and oxygen atoms in total. The Balaban J connectivity index is 2.96. The van der Waals surface area contributed by atoms with Gasteiger partial charge in [0, 0.05) is 6.42 Å². The molecular weight excluding hydrogens is 204 g/mol. The third-order valence-electron chi connectivity index (χ3n) is 2.29. The number of hydrogen-bond acceptors (Lipinski definition) is 3. The number of carbonyl (C=O) groups is 2. The van der Waals surface area contributed by atoms with Crippen molar-refractivity contribution in [2.75, 3.05) is 6.61 Å². The summed E-state index contributed by atoms with van der Waals surface area (Å²) in [4.78, 5) is 22.0. The number of aldehydes is 1. The largest absolute Gasteiger partial charge is 0.462 e. The van der Waals surface area contributed by atoms with Gasteiger partial charge in [-0.25, -0.2) is 4.79 Å². The molecule has 1 rings (SSSR count). The van der Waals surface area contributed by atoms with Crippen LogP contribution in [0.25, 0.3) is 0 Å². The van der Waals surface area contributed by atoms with Gasteiger partial charge in [-0.3, -0.25) is 0 Å². The standard InChI is InChI=1S/C13H16O3/c1-3-16-13(15)12-7-6-10(2)9-11(12)5-4-8-14/h6-9H,3-5H2,1-2H3. The third-order valence-corrected chi connectivity index (χ3v) is 2.29. The molecular formula is C13H16O3. The van der Waals surface area contributed by atoms with E-state index < -0.39 is 0 Å². The summed E-state index contributed by atoms with van der Waals surface area (Å²) in [5.41, 5.74) is 2.52. The van der Waals surface area contributed by atoms with Gasteiger partial charge in [0.15, 0.2) is 0 Å². The zero-order valence-corrected chi connectivity index (χ0v) is 9.66. The molecule has 0 fully saturated rings. The molecule has 0 saturated carbocycles. The third kappa shape index (κ3) is 3.19.